The molecule has 6 nitrogen and oxygen atoms in total. The van der Waals surface area contributed by atoms with Gasteiger partial charge in [-0.2, -0.15) is 0 Å². The van der Waals surface area contributed by atoms with Crippen molar-refractivity contribution in [3.63, 3.8) is 0 Å². The largest absolute Gasteiger partial charge is 0.384 e. The predicted molar refractivity (Wildman–Crippen MR) is 83.7 cm³/mol. The summed E-state index contributed by atoms with van der Waals surface area (Å²) in [6.45, 7) is 6.31. The Morgan fingerprint density at radius 1 is 1.33 bits per heavy atom. The Morgan fingerprint density at radius 3 is 2.90 bits per heavy atom. The third-order valence-corrected chi connectivity index (χ3v) is 3.60. The Morgan fingerprint density at radius 2 is 2.19 bits per heavy atom. The maximum Gasteiger partial charge on any atom is 0.158 e. The summed E-state index contributed by atoms with van der Waals surface area (Å²) in [5, 5.41) is 3.34. The van der Waals surface area contributed by atoms with Gasteiger partial charge in [-0.05, 0) is 12.8 Å². The second-order valence-corrected chi connectivity index (χ2v) is 5.44. The monoisotopic (exact) mass is 294 g/mol. The lowest BCUT2D eigenvalue weighted by molar-refractivity contribution is 0.161. The van der Waals surface area contributed by atoms with Crippen LogP contribution in [0.2, 0.25) is 0 Å². The molecule has 2 rings (SSSR count). The van der Waals surface area contributed by atoms with E-state index in [-0.39, 0.29) is 0 Å². The third kappa shape index (κ3) is 4.54. The van der Waals surface area contributed by atoms with Crippen LogP contribution in [0.3, 0.4) is 0 Å². The van der Waals surface area contributed by atoms with Crippen LogP contribution in [0, 0.1) is 5.92 Å². The summed E-state index contributed by atoms with van der Waals surface area (Å²) in [4.78, 5) is 11.4. The zero-order valence-electron chi connectivity index (χ0n) is 13.3. The first kappa shape index (κ1) is 16.0. The van der Waals surface area contributed by atoms with Crippen molar-refractivity contribution in [1.29, 1.82) is 0 Å². The van der Waals surface area contributed by atoms with E-state index in [1.807, 2.05) is 6.07 Å². The Balaban J connectivity index is 2.11. The van der Waals surface area contributed by atoms with Crippen LogP contribution in [0.4, 0.5) is 11.6 Å². The van der Waals surface area contributed by atoms with Gasteiger partial charge in [-0.15, -0.1) is 0 Å². The fraction of sp³-hybridized carbons (Fsp3) is 0.733. The topological polar surface area (TPSA) is 59.5 Å². The number of hydrogen-bond donors (Lipinski definition) is 1. The highest BCUT2D eigenvalue weighted by molar-refractivity contribution is 5.50. The van der Waals surface area contributed by atoms with Gasteiger partial charge in [0, 0.05) is 45.8 Å². The number of hydrogen-bond acceptors (Lipinski definition) is 6. The Bertz CT molecular complexity index is 442. The Kier molecular flexibility index (Phi) is 6.20. The average Bonchev–Trinajstić information content (AvgIpc) is 2.94. The first-order valence-electron chi connectivity index (χ1n) is 7.61. The van der Waals surface area contributed by atoms with Gasteiger partial charge in [0.2, 0.25) is 0 Å². The molecule has 2 heterocycles. The van der Waals surface area contributed by atoms with Gasteiger partial charge in [-0.1, -0.05) is 6.92 Å². The van der Waals surface area contributed by atoms with Crippen molar-refractivity contribution in [1.82, 2.24) is 9.97 Å². The molecule has 1 saturated heterocycles. The first-order chi connectivity index (χ1) is 10.3. The molecule has 1 N–H and O–H groups in total. The van der Waals surface area contributed by atoms with Crippen LogP contribution in [-0.2, 0) is 16.1 Å². The normalized spacial score (nSPS) is 18.2. The van der Waals surface area contributed by atoms with Crippen LogP contribution in [0.15, 0.2) is 6.07 Å². The molecule has 6 heteroatoms. The van der Waals surface area contributed by atoms with Crippen LogP contribution in [0.25, 0.3) is 0 Å². The molecule has 1 fully saturated rings. The van der Waals surface area contributed by atoms with E-state index in [1.165, 1.54) is 0 Å². The minimum absolute atomic E-state index is 0.435. The summed E-state index contributed by atoms with van der Waals surface area (Å²) in [5.74, 6) is 3.17. The number of nitrogens with zero attached hydrogens (tertiary/aromatic N) is 3. The fourth-order valence-electron chi connectivity index (χ4n) is 2.59. The summed E-state index contributed by atoms with van der Waals surface area (Å²) < 4.78 is 10.4. The molecule has 1 atom stereocenters. The molecular formula is C15H26N4O2. The number of aromatic nitrogens is 2. The van der Waals surface area contributed by atoms with Gasteiger partial charge < -0.3 is 19.7 Å². The molecule has 0 radical (unpaired) electrons. The van der Waals surface area contributed by atoms with E-state index in [0.717, 1.165) is 56.5 Å². The third-order valence-electron chi connectivity index (χ3n) is 3.60. The van der Waals surface area contributed by atoms with Gasteiger partial charge in [-0.25, -0.2) is 9.97 Å². The number of nitrogens with one attached hydrogen (secondary N) is 1. The van der Waals surface area contributed by atoms with Crippen molar-refractivity contribution in [3.8, 4) is 0 Å². The maximum atomic E-state index is 5.26. The maximum absolute atomic E-state index is 5.26. The lowest BCUT2D eigenvalue weighted by atomic mass is 10.1. The van der Waals surface area contributed by atoms with Gasteiger partial charge in [0.15, 0.2) is 5.82 Å². The van der Waals surface area contributed by atoms with Gasteiger partial charge in [0.05, 0.1) is 6.61 Å². The minimum atomic E-state index is 0.435. The molecule has 1 unspecified atom stereocenters. The number of rotatable bonds is 8. The molecular weight excluding hydrogens is 268 g/mol. The zero-order valence-corrected chi connectivity index (χ0v) is 13.3. The van der Waals surface area contributed by atoms with Crippen LogP contribution >= 0.6 is 0 Å². The van der Waals surface area contributed by atoms with Crippen LogP contribution < -0.4 is 10.2 Å². The molecule has 0 bridgehead atoms. The summed E-state index contributed by atoms with van der Waals surface area (Å²) >= 11 is 0. The number of ether oxygens (including phenoxy) is 2. The highest BCUT2D eigenvalue weighted by Gasteiger charge is 2.24. The van der Waals surface area contributed by atoms with Gasteiger partial charge in [-0.3, -0.25) is 0 Å². The van der Waals surface area contributed by atoms with Crippen molar-refractivity contribution >= 4 is 11.6 Å². The van der Waals surface area contributed by atoms with Crippen LogP contribution in [0.5, 0.6) is 0 Å². The first-order valence-corrected chi connectivity index (χ1v) is 7.61. The second kappa shape index (κ2) is 8.14. The zero-order chi connectivity index (χ0) is 15.1. The standard InChI is InChI=1S/C15H26N4O2/c1-4-6-16-13-8-15(18-14(17-13)11-21-3)19-7-5-12(9-19)10-20-2/h8,12H,4-7,9-11H2,1-3H3,(H,16,17,18). The highest BCUT2D eigenvalue weighted by Crippen LogP contribution is 2.24. The predicted octanol–water partition coefficient (Wildman–Crippen LogP) is 1.92. The Labute approximate surface area is 126 Å². The van der Waals surface area contributed by atoms with Crippen LogP contribution in [0.1, 0.15) is 25.6 Å². The molecule has 0 amide bonds. The van der Waals surface area contributed by atoms with Gasteiger partial charge >= 0.3 is 0 Å². The van der Waals surface area contributed by atoms with E-state index in [2.05, 4.69) is 27.1 Å². The van der Waals surface area contributed by atoms with Crippen molar-refractivity contribution in [2.45, 2.75) is 26.4 Å². The van der Waals surface area contributed by atoms with Gasteiger partial charge in [0.25, 0.3) is 0 Å². The lowest BCUT2D eigenvalue weighted by Crippen LogP contribution is -2.23. The molecule has 21 heavy (non-hydrogen) atoms. The van der Waals surface area contributed by atoms with E-state index in [0.29, 0.717) is 12.5 Å². The van der Waals surface area contributed by atoms with E-state index in [9.17, 15) is 0 Å². The number of anilines is 2. The fourth-order valence-corrected chi connectivity index (χ4v) is 2.59. The molecule has 0 spiro atoms. The van der Waals surface area contributed by atoms with Crippen molar-refractivity contribution in [2.24, 2.45) is 5.92 Å². The SMILES string of the molecule is CCCNc1cc(N2CCC(COC)C2)nc(COC)n1. The van der Waals surface area contributed by atoms with Gasteiger partial charge in [0.1, 0.15) is 18.2 Å². The number of methoxy groups -OCH3 is 2. The van der Waals surface area contributed by atoms with Crippen molar-refractivity contribution in [2.75, 3.05) is 50.7 Å². The van der Waals surface area contributed by atoms with Crippen molar-refractivity contribution < 1.29 is 9.47 Å². The molecule has 0 aliphatic carbocycles. The van der Waals surface area contributed by atoms with Crippen molar-refractivity contribution in [3.05, 3.63) is 11.9 Å². The van der Waals surface area contributed by atoms with E-state index in [4.69, 9.17) is 9.47 Å². The molecule has 1 aromatic rings. The summed E-state index contributed by atoms with van der Waals surface area (Å²) in [6.07, 6.45) is 2.22. The highest BCUT2D eigenvalue weighted by atomic mass is 16.5. The smallest absolute Gasteiger partial charge is 0.158 e. The van der Waals surface area contributed by atoms with E-state index >= 15 is 0 Å². The van der Waals surface area contributed by atoms with E-state index in [1.54, 1.807) is 14.2 Å². The molecule has 118 valence electrons. The van der Waals surface area contributed by atoms with Crippen LogP contribution in [-0.4, -0.2) is 50.4 Å². The lowest BCUT2D eigenvalue weighted by Gasteiger charge is -2.19. The average molecular weight is 294 g/mol. The molecule has 0 aromatic carbocycles. The Hall–Kier alpha value is -1.40. The molecule has 1 aliphatic rings. The second-order valence-electron chi connectivity index (χ2n) is 5.44. The summed E-state index contributed by atoms with van der Waals surface area (Å²) in [6, 6.07) is 2.03. The summed E-state index contributed by atoms with van der Waals surface area (Å²) in [5.41, 5.74) is 0. The molecule has 1 aromatic heterocycles. The van der Waals surface area contributed by atoms with E-state index < -0.39 is 0 Å². The quantitative estimate of drug-likeness (QED) is 0.790. The minimum Gasteiger partial charge on any atom is -0.384 e. The summed E-state index contributed by atoms with van der Waals surface area (Å²) in [7, 11) is 3.43. The molecule has 0 saturated carbocycles. The molecule has 1 aliphatic heterocycles.